The van der Waals surface area contributed by atoms with Gasteiger partial charge in [0.1, 0.15) is 0 Å². The Hall–Kier alpha value is -3.13. The van der Waals surface area contributed by atoms with Gasteiger partial charge in [-0.25, -0.2) is 4.68 Å². The molecule has 1 aliphatic rings. The third-order valence-electron chi connectivity index (χ3n) is 5.71. The van der Waals surface area contributed by atoms with E-state index in [1.807, 2.05) is 32.1 Å². The van der Waals surface area contributed by atoms with Gasteiger partial charge in [-0.3, -0.25) is 9.69 Å². The van der Waals surface area contributed by atoms with Crippen molar-refractivity contribution in [1.82, 2.24) is 24.7 Å². The standard InChI is InChI=1S/C23H30N6O2/c1-17-5-7-19(8-6-17)28-14-11-27(12-15-28)13-16-29-23(30)22-21(18(2)24-29)20(31-25-22)9-10-26(3)4/h5-10H,11-16H2,1-4H3/b10-9+. The van der Waals surface area contributed by atoms with Crippen molar-refractivity contribution < 1.29 is 4.52 Å². The fourth-order valence-electron chi connectivity index (χ4n) is 3.90. The number of piperazine rings is 1. The Morgan fingerprint density at radius 3 is 2.45 bits per heavy atom. The van der Waals surface area contributed by atoms with Crippen LogP contribution in [0.1, 0.15) is 17.0 Å². The molecule has 8 nitrogen and oxygen atoms in total. The normalized spacial score (nSPS) is 15.3. The average Bonchev–Trinajstić information content (AvgIpc) is 3.20. The fourth-order valence-corrected chi connectivity index (χ4v) is 3.90. The highest BCUT2D eigenvalue weighted by Crippen LogP contribution is 2.20. The highest BCUT2D eigenvalue weighted by Gasteiger charge is 2.19. The first-order valence-corrected chi connectivity index (χ1v) is 10.7. The molecule has 1 aromatic carbocycles. The van der Waals surface area contributed by atoms with E-state index in [0.717, 1.165) is 38.4 Å². The highest BCUT2D eigenvalue weighted by molar-refractivity contribution is 5.86. The molecule has 31 heavy (non-hydrogen) atoms. The second-order valence-electron chi connectivity index (χ2n) is 8.33. The van der Waals surface area contributed by atoms with Crippen molar-refractivity contribution in [1.29, 1.82) is 0 Å². The van der Waals surface area contributed by atoms with Gasteiger partial charge in [-0.1, -0.05) is 22.9 Å². The predicted octanol–water partition coefficient (Wildman–Crippen LogP) is 2.36. The summed E-state index contributed by atoms with van der Waals surface area (Å²) in [4.78, 5) is 19.6. The molecule has 0 saturated carbocycles. The topological polar surface area (TPSA) is 70.6 Å². The molecule has 164 valence electrons. The van der Waals surface area contributed by atoms with Crippen LogP contribution in [0.25, 0.3) is 17.0 Å². The van der Waals surface area contributed by atoms with Crippen LogP contribution in [0.4, 0.5) is 5.69 Å². The van der Waals surface area contributed by atoms with Crippen LogP contribution < -0.4 is 10.5 Å². The second kappa shape index (κ2) is 8.93. The SMILES string of the molecule is Cc1ccc(N2CCN(CCn3nc(C)c4c(/C=C/N(C)C)onc4c3=O)CC2)cc1. The summed E-state index contributed by atoms with van der Waals surface area (Å²) in [5.41, 5.74) is 3.44. The van der Waals surface area contributed by atoms with Crippen molar-refractivity contribution in [3.63, 3.8) is 0 Å². The first kappa shape index (κ1) is 21.1. The van der Waals surface area contributed by atoms with Gasteiger partial charge in [-0.15, -0.1) is 0 Å². The number of hydrogen-bond donors (Lipinski definition) is 0. The lowest BCUT2D eigenvalue weighted by atomic mass is 10.2. The van der Waals surface area contributed by atoms with Crippen LogP contribution in [-0.4, -0.2) is 71.6 Å². The number of benzene rings is 1. The zero-order chi connectivity index (χ0) is 22.0. The zero-order valence-electron chi connectivity index (χ0n) is 18.7. The monoisotopic (exact) mass is 422 g/mol. The van der Waals surface area contributed by atoms with Crippen molar-refractivity contribution in [2.45, 2.75) is 20.4 Å². The molecule has 1 fully saturated rings. The molecule has 8 heteroatoms. The van der Waals surface area contributed by atoms with Gasteiger partial charge in [0.25, 0.3) is 5.56 Å². The molecule has 1 saturated heterocycles. The molecule has 0 N–H and O–H groups in total. The van der Waals surface area contributed by atoms with E-state index in [0.29, 0.717) is 23.2 Å². The van der Waals surface area contributed by atoms with Crippen molar-refractivity contribution in [3.05, 3.63) is 57.8 Å². The van der Waals surface area contributed by atoms with Gasteiger partial charge < -0.3 is 14.3 Å². The third kappa shape index (κ3) is 4.64. The van der Waals surface area contributed by atoms with Gasteiger partial charge in [-0.2, -0.15) is 5.10 Å². The lowest BCUT2D eigenvalue weighted by Crippen LogP contribution is -2.47. The van der Waals surface area contributed by atoms with Crippen LogP contribution in [0.15, 0.2) is 39.8 Å². The Kier molecular flexibility index (Phi) is 6.08. The Morgan fingerprint density at radius 2 is 1.77 bits per heavy atom. The second-order valence-corrected chi connectivity index (χ2v) is 8.33. The van der Waals surface area contributed by atoms with Crippen LogP contribution >= 0.6 is 0 Å². The molecule has 1 aliphatic heterocycles. The maximum Gasteiger partial charge on any atom is 0.296 e. The molecule has 0 atom stereocenters. The zero-order valence-corrected chi connectivity index (χ0v) is 18.7. The van der Waals surface area contributed by atoms with Crippen LogP contribution in [-0.2, 0) is 6.54 Å². The van der Waals surface area contributed by atoms with Crippen LogP contribution in [0.5, 0.6) is 0 Å². The first-order chi connectivity index (χ1) is 14.9. The minimum absolute atomic E-state index is 0.202. The lowest BCUT2D eigenvalue weighted by Gasteiger charge is -2.36. The van der Waals surface area contributed by atoms with E-state index in [4.69, 9.17) is 4.52 Å². The smallest absolute Gasteiger partial charge is 0.296 e. The number of nitrogens with zero attached hydrogens (tertiary/aromatic N) is 6. The molecule has 3 aromatic rings. The highest BCUT2D eigenvalue weighted by atomic mass is 16.5. The summed E-state index contributed by atoms with van der Waals surface area (Å²) in [5.74, 6) is 0.560. The van der Waals surface area contributed by atoms with Gasteiger partial charge in [0.2, 0.25) is 0 Å². The van der Waals surface area contributed by atoms with Gasteiger partial charge >= 0.3 is 0 Å². The number of hydrogen-bond acceptors (Lipinski definition) is 7. The summed E-state index contributed by atoms with van der Waals surface area (Å²) in [6, 6.07) is 8.69. The molecule has 3 heterocycles. The molecular formula is C23H30N6O2. The Labute approximate surface area is 182 Å². The molecule has 0 radical (unpaired) electrons. The number of aryl methyl sites for hydroxylation is 2. The minimum atomic E-state index is -0.202. The maximum absolute atomic E-state index is 12.9. The van der Waals surface area contributed by atoms with Crippen molar-refractivity contribution >= 4 is 22.7 Å². The van der Waals surface area contributed by atoms with E-state index in [1.54, 1.807) is 6.08 Å². The van der Waals surface area contributed by atoms with Gasteiger partial charge in [0.05, 0.1) is 17.6 Å². The molecule has 0 spiro atoms. The van der Waals surface area contributed by atoms with E-state index >= 15 is 0 Å². The van der Waals surface area contributed by atoms with E-state index < -0.39 is 0 Å². The van der Waals surface area contributed by atoms with Crippen LogP contribution in [0, 0.1) is 13.8 Å². The quantitative estimate of drug-likeness (QED) is 0.604. The molecule has 0 bridgehead atoms. The number of rotatable bonds is 6. The lowest BCUT2D eigenvalue weighted by molar-refractivity contribution is 0.243. The van der Waals surface area contributed by atoms with Gasteiger partial charge in [-0.05, 0) is 26.0 Å². The third-order valence-corrected chi connectivity index (χ3v) is 5.71. The Balaban J connectivity index is 1.41. The summed E-state index contributed by atoms with van der Waals surface area (Å²) in [5, 5.41) is 9.25. The predicted molar refractivity (Wildman–Crippen MR) is 123 cm³/mol. The van der Waals surface area contributed by atoms with Gasteiger partial charge in [0.15, 0.2) is 11.3 Å². The number of aromatic nitrogens is 3. The molecule has 0 amide bonds. The molecular weight excluding hydrogens is 392 g/mol. The van der Waals surface area contributed by atoms with Crippen molar-refractivity contribution in [3.8, 4) is 0 Å². The Morgan fingerprint density at radius 1 is 1.06 bits per heavy atom. The van der Waals surface area contributed by atoms with E-state index in [2.05, 4.69) is 51.2 Å². The number of fused-ring (bicyclic) bond motifs is 1. The van der Waals surface area contributed by atoms with Crippen LogP contribution in [0.3, 0.4) is 0 Å². The van der Waals surface area contributed by atoms with E-state index in [-0.39, 0.29) is 5.56 Å². The average molecular weight is 423 g/mol. The maximum atomic E-state index is 12.9. The molecule has 2 aromatic heterocycles. The summed E-state index contributed by atoms with van der Waals surface area (Å²) in [6.45, 7) is 9.21. The summed E-state index contributed by atoms with van der Waals surface area (Å²) < 4.78 is 6.92. The van der Waals surface area contributed by atoms with E-state index in [9.17, 15) is 4.79 Å². The Bertz CT molecular complexity index is 1120. The molecule has 4 rings (SSSR count). The van der Waals surface area contributed by atoms with E-state index in [1.165, 1.54) is 15.9 Å². The molecule has 0 aliphatic carbocycles. The van der Waals surface area contributed by atoms with Crippen LogP contribution in [0.2, 0.25) is 0 Å². The summed E-state index contributed by atoms with van der Waals surface area (Å²) in [6.07, 6.45) is 3.67. The first-order valence-electron chi connectivity index (χ1n) is 10.7. The van der Waals surface area contributed by atoms with Crippen molar-refractivity contribution in [2.24, 2.45) is 0 Å². The largest absolute Gasteiger partial charge is 0.383 e. The fraction of sp³-hybridized carbons (Fsp3) is 0.435. The minimum Gasteiger partial charge on any atom is -0.383 e. The van der Waals surface area contributed by atoms with Gasteiger partial charge in [0, 0.05) is 64.8 Å². The van der Waals surface area contributed by atoms with Crippen molar-refractivity contribution in [2.75, 3.05) is 51.7 Å². The number of anilines is 1. The summed E-state index contributed by atoms with van der Waals surface area (Å²) >= 11 is 0. The summed E-state index contributed by atoms with van der Waals surface area (Å²) in [7, 11) is 3.85. The molecule has 0 unspecified atom stereocenters.